The van der Waals surface area contributed by atoms with E-state index >= 15 is 0 Å². The number of nitrogens with zero attached hydrogens (tertiary/aromatic N) is 5. The highest BCUT2D eigenvalue weighted by Crippen LogP contribution is 2.29. The van der Waals surface area contributed by atoms with Gasteiger partial charge in [0.2, 0.25) is 5.91 Å². The van der Waals surface area contributed by atoms with Crippen LogP contribution >= 0.6 is 0 Å². The number of hydrogen-bond donors (Lipinski definition) is 0. The van der Waals surface area contributed by atoms with Crippen LogP contribution in [0.25, 0.3) is 5.69 Å². The number of benzene rings is 1. The van der Waals surface area contributed by atoms with Gasteiger partial charge in [-0.05, 0) is 57.0 Å². The van der Waals surface area contributed by atoms with Crippen molar-refractivity contribution in [2.24, 2.45) is 0 Å². The van der Waals surface area contributed by atoms with Gasteiger partial charge in [0.25, 0.3) is 11.5 Å². The maximum atomic E-state index is 13.4. The van der Waals surface area contributed by atoms with E-state index in [0.717, 1.165) is 16.9 Å². The topological polar surface area (TPSA) is 80.4 Å². The fraction of sp³-hybridized carbons (Fsp3) is 0.333. The van der Waals surface area contributed by atoms with Crippen LogP contribution in [0.1, 0.15) is 35.1 Å². The van der Waals surface area contributed by atoms with Crippen LogP contribution in [0.2, 0.25) is 0 Å². The number of rotatable bonds is 3. The van der Waals surface area contributed by atoms with Crippen LogP contribution < -0.4 is 10.5 Å². The van der Waals surface area contributed by atoms with Crippen molar-refractivity contribution in [1.82, 2.24) is 19.0 Å². The van der Waals surface area contributed by atoms with Gasteiger partial charge in [-0.1, -0.05) is 12.1 Å². The molecule has 0 radical (unpaired) electrons. The zero-order valence-electron chi connectivity index (χ0n) is 18.4. The van der Waals surface area contributed by atoms with Crippen molar-refractivity contribution < 1.29 is 9.59 Å². The first-order chi connectivity index (χ1) is 15.3. The van der Waals surface area contributed by atoms with Crippen molar-refractivity contribution in [3.8, 4) is 5.69 Å². The molecule has 2 unspecified atom stereocenters. The lowest BCUT2D eigenvalue weighted by atomic mass is 10.1. The highest BCUT2D eigenvalue weighted by atomic mass is 16.2. The van der Waals surface area contributed by atoms with E-state index in [2.05, 4.69) is 4.98 Å². The predicted molar refractivity (Wildman–Crippen MR) is 120 cm³/mol. The van der Waals surface area contributed by atoms with E-state index in [1.807, 2.05) is 45.0 Å². The molecule has 1 saturated heterocycles. The van der Waals surface area contributed by atoms with E-state index in [1.165, 1.54) is 4.57 Å². The summed E-state index contributed by atoms with van der Waals surface area (Å²) >= 11 is 0. The van der Waals surface area contributed by atoms with E-state index in [1.54, 1.807) is 39.0 Å². The first-order valence-corrected chi connectivity index (χ1v) is 10.8. The fourth-order valence-electron chi connectivity index (χ4n) is 4.79. The Morgan fingerprint density at radius 1 is 1.06 bits per heavy atom. The zero-order valence-corrected chi connectivity index (χ0v) is 18.4. The molecule has 4 heterocycles. The number of fused-ring (bicyclic) bond motifs is 1. The Morgan fingerprint density at radius 2 is 1.88 bits per heavy atom. The third-order valence-electron chi connectivity index (χ3n) is 6.35. The maximum Gasteiger partial charge on any atom is 0.275 e. The summed E-state index contributed by atoms with van der Waals surface area (Å²) in [5.41, 5.74) is 3.27. The average Bonchev–Trinajstić information content (AvgIpc) is 3.35. The van der Waals surface area contributed by atoms with Gasteiger partial charge in [0.05, 0.1) is 12.0 Å². The quantitative estimate of drug-likeness (QED) is 0.637. The van der Waals surface area contributed by atoms with Gasteiger partial charge in [0, 0.05) is 31.0 Å². The standard InChI is InChI=1S/C24H25N5O3/c1-15-5-4-6-18(11-15)27-10-9-21(23(27)31)29-17(3)13-28-20(24(29)32)8-7-19(22(28)30)26-12-16(2)25-14-26/h4-8,11-12,14,17,21H,9-10,13H2,1-3H3. The minimum absolute atomic E-state index is 0.0721. The minimum Gasteiger partial charge on any atom is -0.321 e. The zero-order chi connectivity index (χ0) is 22.6. The Balaban J connectivity index is 1.46. The third kappa shape index (κ3) is 3.14. The number of imidazole rings is 1. The summed E-state index contributed by atoms with van der Waals surface area (Å²) in [6.45, 7) is 6.65. The molecule has 1 aromatic carbocycles. The van der Waals surface area contributed by atoms with Gasteiger partial charge in [-0.2, -0.15) is 0 Å². The summed E-state index contributed by atoms with van der Waals surface area (Å²) in [5, 5.41) is 0. The Morgan fingerprint density at radius 3 is 2.59 bits per heavy atom. The number of amides is 2. The molecular formula is C24H25N5O3. The number of carbonyl (C=O) groups is 2. The Hall–Kier alpha value is -3.68. The third-order valence-corrected chi connectivity index (χ3v) is 6.35. The van der Waals surface area contributed by atoms with E-state index < -0.39 is 6.04 Å². The monoisotopic (exact) mass is 431 g/mol. The molecule has 8 heteroatoms. The highest BCUT2D eigenvalue weighted by Gasteiger charge is 2.43. The molecule has 2 aliphatic rings. The van der Waals surface area contributed by atoms with Crippen molar-refractivity contribution >= 4 is 17.5 Å². The molecule has 0 bridgehead atoms. The molecule has 5 rings (SSSR count). The Bertz CT molecular complexity index is 1290. The lowest BCUT2D eigenvalue weighted by Gasteiger charge is -2.38. The molecule has 2 aromatic heterocycles. The number of aromatic nitrogens is 3. The lowest BCUT2D eigenvalue weighted by molar-refractivity contribution is -0.121. The van der Waals surface area contributed by atoms with Crippen molar-refractivity contribution in [3.05, 3.63) is 76.2 Å². The van der Waals surface area contributed by atoms with Crippen molar-refractivity contribution in [2.75, 3.05) is 11.4 Å². The molecular weight excluding hydrogens is 406 g/mol. The van der Waals surface area contributed by atoms with Crippen LogP contribution in [-0.4, -0.2) is 49.5 Å². The molecule has 8 nitrogen and oxygen atoms in total. The fourth-order valence-corrected chi connectivity index (χ4v) is 4.79. The van der Waals surface area contributed by atoms with Crippen molar-refractivity contribution in [1.29, 1.82) is 0 Å². The predicted octanol–water partition coefficient (Wildman–Crippen LogP) is 2.30. The van der Waals surface area contributed by atoms with Crippen molar-refractivity contribution in [2.45, 2.75) is 45.8 Å². The highest BCUT2D eigenvalue weighted by molar-refractivity contribution is 6.04. The molecule has 1 fully saturated rings. The normalized spacial score (nSPS) is 20.7. The van der Waals surface area contributed by atoms with Gasteiger partial charge in [-0.15, -0.1) is 0 Å². The van der Waals surface area contributed by atoms with Crippen LogP contribution in [-0.2, 0) is 11.3 Å². The SMILES string of the molecule is Cc1cccc(N2CCC(N3C(=O)c4ccc(-n5cnc(C)c5)c(=O)n4CC3C)C2=O)c1. The van der Waals surface area contributed by atoms with Gasteiger partial charge in [-0.3, -0.25) is 14.4 Å². The number of hydrogen-bond acceptors (Lipinski definition) is 4. The number of carbonyl (C=O) groups excluding carboxylic acids is 2. The van der Waals surface area contributed by atoms with Crippen LogP contribution in [0.4, 0.5) is 5.69 Å². The first-order valence-electron chi connectivity index (χ1n) is 10.8. The van der Waals surface area contributed by atoms with E-state index in [9.17, 15) is 14.4 Å². The number of aryl methyl sites for hydroxylation is 2. The van der Waals surface area contributed by atoms with Crippen LogP contribution in [0, 0.1) is 13.8 Å². The van der Waals surface area contributed by atoms with E-state index in [4.69, 9.17) is 0 Å². The average molecular weight is 431 g/mol. The minimum atomic E-state index is -0.530. The molecule has 2 atom stereocenters. The Kier molecular flexibility index (Phi) is 4.73. The molecule has 0 aliphatic carbocycles. The van der Waals surface area contributed by atoms with Gasteiger partial charge in [0.1, 0.15) is 17.4 Å². The summed E-state index contributed by atoms with van der Waals surface area (Å²) in [6.07, 6.45) is 3.94. The van der Waals surface area contributed by atoms with Gasteiger partial charge in [-0.25, -0.2) is 4.98 Å². The molecule has 164 valence electrons. The second-order valence-corrected chi connectivity index (χ2v) is 8.64. The van der Waals surface area contributed by atoms with Crippen LogP contribution in [0.15, 0.2) is 53.7 Å². The van der Waals surface area contributed by atoms with Crippen LogP contribution in [0.3, 0.4) is 0 Å². The molecule has 0 N–H and O–H groups in total. The van der Waals surface area contributed by atoms with Gasteiger partial charge >= 0.3 is 0 Å². The molecule has 0 saturated carbocycles. The summed E-state index contributed by atoms with van der Waals surface area (Å²) in [4.78, 5) is 47.5. The smallest absolute Gasteiger partial charge is 0.275 e. The van der Waals surface area contributed by atoms with Gasteiger partial charge in [0.15, 0.2) is 0 Å². The second kappa shape index (κ2) is 7.47. The summed E-state index contributed by atoms with van der Waals surface area (Å²) in [5.74, 6) is -0.351. The number of pyridine rings is 1. The summed E-state index contributed by atoms with van der Waals surface area (Å²) in [7, 11) is 0. The summed E-state index contributed by atoms with van der Waals surface area (Å²) < 4.78 is 3.19. The first kappa shape index (κ1) is 20.2. The van der Waals surface area contributed by atoms with Crippen molar-refractivity contribution in [3.63, 3.8) is 0 Å². The largest absolute Gasteiger partial charge is 0.321 e. The van der Waals surface area contributed by atoms with E-state index in [-0.39, 0.29) is 23.4 Å². The molecule has 2 amide bonds. The van der Waals surface area contributed by atoms with E-state index in [0.29, 0.717) is 30.9 Å². The second-order valence-electron chi connectivity index (χ2n) is 8.64. The molecule has 32 heavy (non-hydrogen) atoms. The number of anilines is 1. The molecule has 3 aromatic rings. The summed E-state index contributed by atoms with van der Waals surface area (Å²) in [6, 6.07) is 10.3. The molecule has 2 aliphatic heterocycles. The van der Waals surface area contributed by atoms with Crippen LogP contribution in [0.5, 0.6) is 0 Å². The maximum absolute atomic E-state index is 13.4. The molecule has 0 spiro atoms. The van der Waals surface area contributed by atoms with Gasteiger partial charge < -0.3 is 18.9 Å². The Labute approximate surface area is 185 Å². The lowest BCUT2D eigenvalue weighted by Crippen LogP contribution is -2.56.